The van der Waals surface area contributed by atoms with E-state index < -0.39 is 0 Å². The van der Waals surface area contributed by atoms with Crippen LogP contribution in [0.3, 0.4) is 0 Å². The lowest BCUT2D eigenvalue weighted by Crippen LogP contribution is -2.48. The molecule has 0 spiro atoms. The van der Waals surface area contributed by atoms with Gasteiger partial charge >= 0.3 is 0 Å². The third-order valence-electron chi connectivity index (χ3n) is 4.54. The summed E-state index contributed by atoms with van der Waals surface area (Å²) in [5.41, 5.74) is 1.62. The van der Waals surface area contributed by atoms with Crippen molar-refractivity contribution in [3.8, 4) is 5.88 Å². The fourth-order valence-corrected chi connectivity index (χ4v) is 3.59. The van der Waals surface area contributed by atoms with Crippen LogP contribution < -0.4 is 4.74 Å². The molecule has 3 heterocycles. The molecule has 1 saturated heterocycles. The number of thiophene rings is 1. The molecule has 1 aliphatic heterocycles. The molecule has 2 aromatic heterocycles. The molecule has 9 heteroatoms. The van der Waals surface area contributed by atoms with Crippen LogP contribution in [0.25, 0.3) is 0 Å². The first kappa shape index (κ1) is 22.2. The topological polar surface area (TPSA) is 86.1 Å². The molecule has 1 amide bonds. The first-order chi connectivity index (χ1) is 14.4. The number of rotatable bonds is 8. The molecule has 1 fully saturated rings. The number of morpholine rings is 1. The number of oxime groups is 1. The molecule has 0 radical (unpaired) electrons. The lowest BCUT2D eigenvalue weighted by Gasteiger charge is -2.32. The monoisotopic (exact) mass is 432 g/mol. The summed E-state index contributed by atoms with van der Waals surface area (Å²) in [6.45, 7) is 9.50. The summed E-state index contributed by atoms with van der Waals surface area (Å²) >= 11 is 1.58. The molecule has 3 rings (SSSR count). The van der Waals surface area contributed by atoms with Gasteiger partial charge in [-0.1, -0.05) is 25.1 Å². The summed E-state index contributed by atoms with van der Waals surface area (Å²) in [5, 5.41) is 6.01. The average molecular weight is 433 g/mol. The number of hydrogen-bond donors (Lipinski definition) is 0. The number of carbonyl (C=O) groups is 1. The standard InChI is InChI=1S/C21H28N4O4S/c1-14(2)21-22-15(3)10-19(23-21)28-12-17-11-25(7-8-27-17)20(26)13-29-24-16(4)18-6-5-9-30-18/h5-6,9-10,14,17H,7-8,11-13H2,1-4H3. The third-order valence-corrected chi connectivity index (χ3v) is 5.52. The van der Waals surface area contributed by atoms with E-state index in [-0.39, 0.29) is 24.5 Å². The number of ether oxygens (including phenoxy) is 2. The summed E-state index contributed by atoms with van der Waals surface area (Å²) in [6, 6.07) is 5.72. The van der Waals surface area contributed by atoms with Crippen molar-refractivity contribution in [1.82, 2.24) is 14.9 Å². The van der Waals surface area contributed by atoms with Crippen LogP contribution in [0.4, 0.5) is 0 Å². The minimum atomic E-state index is -0.225. The van der Waals surface area contributed by atoms with Crippen LogP contribution in [0.5, 0.6) is 5.88 Å². The third kappa shape index (κ3) is 6.24. The molecule has 0 saturated carbocycles. The van der Waals surface area contributed by atoms with Gasteiger partial charge in [0.2, 0.25) is 5.88 Å². The van der Waals surface area contributed by atoms with Gasteiger partial charge in [0.1, 0.15) is 18.5 Å². The molecule has 0 N–H and O–H groups in total. The van der Waals surface area contributed by atoms with E-state index in [1.807, 2.05) is 45.2 Å². The van der Waals surface area contributed by atoms with Crippen molar-refractivity contribution in [3.63, 3.8) is 0 Å². The van der Waals surface area contributed by atoms with Crippen LogP contribution in [0.2, 0.25) is 0 Å². The Hall–Kier alpha value is -2.52. The molecule has 0 bridgehead atoms. The predicted octanol–water partition coefficient (Wildman–Crippen LogP) is 3.02. The lowest BCUT2D eigenvalue weighted by molar-refractivity contribution is -0.144. The van der Waals surface area contributed by atoms with E-state index in [0.717, 1.165) is 22.1 Å². The summed E-state index contributed by atoms with van der Waals surface area (Å²) in [5.74, 6) is 1.38. The van der Waals surface area contributed by atoms with E-state index in [2.05, 4.69) is 15.1 Å². The van der Waals surface area contributed by atoms with Crippen molar-refractivity contribution in [2.75, 3.05) is 32.9 Å². The van der Waals surface area contributed by atoms with E-state index in [1.165, 1.54) is 0 Å². The quantitative estimate of drug-likeness (QED) is 0.471. The maximum Gasteiger partial charge on any atom is 0.263 e. The van der Waals surface area contributed by atoms with Gasteiger partial charge in [-0.15, -0.1) is 11.3 Å². The maximum atomic E-state index is 12.5. The highest BCUT2D eigenvalue weighted by Crippen LogP contribution is 2.16. The van der Waals surface area contributed by atoms with Crippen LogP contribution in [0, 0.1) is 6.92 Å². The van der Waals surface area contributed by atoms with Crippen LogP contribution in [0.1, 0.15) is 43.1 Å². The largest absolute Gasteiger partial charge is 0.475 e. The number of aryl methyl sites for hydroxylation is 1. The number of aromatic nitrogens is 2. The number of amides is 1. The molecular weight excluding hydrogens is 404 g/mol. The van der Waals surface area contributed by atoms with E-state index in [9.17, 15) is 4.79 Å². The highest BCUT2D eigenvalue weighted by Gasteiger charge is 2.25. The number of hydrogen-bond acceptors (Lipinski definition) is 8. The second kappa shape index (κ2) is 10.5. The lowest BCUT2D eigenvalue weighted by atomic mass is 10.2. The molecule has 0 aromatic carbocycles. The zero-order chi connectivity index (χ0) is 21.5. The van der Waals surface area contributed by atoms with Gasteiger partial charge < -0.3 is 19.2 Å². The van der Waals surface area contributed by atoms with Crippen molar-refractivity contribution in [1.29, 1.82) is 0 Å². The smallest absolute Gasteiger partial charge is 0.263 e. The highest BCUT2D eigenvalue weighted by atomic mass is 32.1. The van der Waals surface area contributed by atoms with Gasteiger partial charge in [0, 0.05) is 24.2 Å². The Balaban J connectivity index is 1.48. The van der Waals surface area contributed by atoms with Crippen molar-refractivity contribution in [2.45, 2.75) is 39.7 Å². The van der Waals surface area contributed by atoms with E-state index in [0.29, 0.717) is 32.2 Å². The molecule has 8 nitrogen and oxygen atoms in total. The van der Waals surface area contributed by atoms with Gasteiger partial charge in [-0.25, -0.2) is 4.98 Å². The molecule has 1 aliphatic rings. The fraction of sp³-hybridized carbons (Fsp3) is 0.524. The molecule has 1 unspecified atom stereocenters. The van der Waals surface area contributed by atoms with Gasteiger partial charge in [0.05, 0.1) is 23.7 Å². The van der Waals surface area contributed by atoms with Crippen molar-refractivity contribution in [2.24, 2.45) is 5.16 Å². The first-order valence-corrected chi connectivity index (χ1v) is 10.9. The van der Waals surface area contributed by atoms with Gasteiger partial charge in [-0.2, -0.15) is 4.98 Å². The number of nitrogens with zero attached hydrogens (tertiary/aromatic N) is 4. The molecule has 162 valence electrons. The number of carbonyl (C=O) groups excluding carboxylic acids is 1. The summed E-state index contributed by atoms with van der Waals surface area (Å²) < 4.78 is 11.6. The Kier molecular flexibility index (Phi) is 7.75. The molecule has 1 atom stereocenters. The first-order valence-electron chi connectivity index (χ1n) is 10.0. The molecular formula is C21H28N4O4S. The Morgan fingerprint density at radius 1 is 1.43 bits per heavy atom. The summed E-state index contributed by atoms with van der Waals surface area (Å²) in [6.07, 6.45) is -0.225. The van der Waals surface area contributed by atoms with E-state index >= 15 is 0 Å². The Morgan fingerprint density at radius 3 is 3.00 bits per heavy atom. The fourth-order valence-electron chi connectivity index (χ4n) is 2.92. The van der Waals surface area contributed by atoms with Gasteiger partial charge in [-0.3, -0.25) is 4.79 Å². The van der Waals surface area contributed by atoms with Crippen LogP contribution >= 0.6 is 11.3 Å². The second-order valence-corrected chi connectivity index (χ2v) is 8.38. The van der Waals surface area contributed by atoms with Crippen molar-refractivity contribution in [3.05, 3.63) is 40.0 Å². The Morgan fingerprint density at radius 2 is 2.27 bits per heavy atom. The highest BCUT2D eigenvalue weighted by molar-refractivity contribution is 7.12. The predicted molar refractivity (Wildman–Crippen MR) is 115 cm³/mol. The summed E-state index contributed by atoms with van der Waals surface area (Å²) in [4.78, 5) is 29.3. The van der Waals surface area contributed by atoms with Crippen LogP contribution in [-0.4, -0.2) is 65.5 Å². The normalized spacial score (nSPS) is 17.3. The van der Waals surface area contributed by atoms with Crippen molar-refractivity contribution >= 4 is 23.0 Å². The van der Waals surface area contributed by atoms with Crippen molar-refractivity contribution < 1.29 is 19.1 Å². The van der Waals surface area contributed by atoms with Gasteiger partial charge in [0.25, 0.3) is 5.91 Å². The molecule has 0 aliphatic carbocycles. The maximum absolute atomic E-state index is 12.5. The average Bonchev–Trinajstić information content (AvgIpc) is 3.27. The Labute approximate surface area is 180 Å². The van der Waals surface area contributed by atoms with Gasteiger partial charge in [-0.05, 0) is 25.3 Å². The summed E-state index contributed by atoms with van der Waals surface area (Å²) in [7, 11) is 0. The second-order valence-electron chi connectivity index (χ2n) is 7.43. The zero-order valence-electron chi connectivity index (χ0n) is 17.8. The van der Waals surface area contributed by atoms with Crippen LogP contribution in [-0.2, 0) is 14.4 Å². The molecule has 2 aromatic rings. The van der Waals surface area contributed by atoms with Gasteiger partial charge in [0.15, 0.2) is 6.61 Å². The minimum absolute atomic E-state index is 0.0981. The van der Waals surface area contributed by atoms with E-state index in [4.69, 9.17) is 14.3 Å². The molecule has 30 heavy (non-hydrogen) atoms. The SMILES string of the molecule is CC(=NOCC(=O)N1CCOC(COc2cc(C)nc(C(C)C)n2)C1)c1cccs1. The zero-order valence-corrected chi connectivity index (χ0v) is 18.6. The minimum Gasteiger partial charge on any atom is -0.475 e. The van der Waals surface area contributed by atoms with E-state index in [1.54, 1.807) is 22.3 Å². The Bertz CT molecular complexity index is 870. The van der Waals surface area contributed by atoms with Crippen LogP contribution in [0.15, 0.2) is 28.7 Å².